The van der Waals surface area contributed by atoms with Gasteiger partial charge in [0.2, 0.25) is 0 Å². The van der Waals surface area contributed by atoms with Crippen molar-refractivity contribution in [2.24, 2.45) is 0 Å². The second-order valence-corrected chi connectivity index (χ2v) is 5.04. The van der Waals surface area contributed by atoms with Crippen molar-refractivity contribution in [2.75, 3.05) is 0 Å². The minimum atomic E-state index is -0.760. The Morgan fingerprint density at radius 1 is 1.14 bits per heavy atom. The van der Waals surface area contributed by atoms with Crippen LogP contribution in [-0.2, 0) is 4.74 Å². The van der Waals surface area contributed by atoms with E-state index in [4.69, 9.17) is 4.74 Å². The van der Waals surface area contributed by atoms with Gasteiger partial charge in [-0.05, 0) is 32.1 Å². The van der Waals surface area contributed by atoms with E-state index in [0.29, 0.717) is 0 Å². The molecular formula is C12H22O2. The van der Waals surface area contributed by atoms with Crippen LogP contribution in [-0.4, -0.2) is 16.5 Å². The van der Waals surface area contributed by atoms with E-state index in [0.717, 1.165) is 44.9 Å². The molecule has 0 aromatic heterocycles. The molecule has 82 valence electrons. The SMILES string of the molecule is CCCCC12CCCC(O)(CCC1)O2. The predicted octanol–water partition coefficient (Wildman–Crippen LogP) is 2.99. The average molecular weight is 198 g/mol. The van der Waals surface area contributed by atoms with Crippen LogP contribution in [0.3, 0.4) is 0 Å². The van der Waals surface area contributed by atoms with Gasteiger partial charge in [-0.1, -0.05) is 19.8 Å². The quantitative estimate of drug-likeness (QED) is 0.755. The second-order valence-electron chi connectivity index (χ2n) is 5.04. The Labute approximate surface area is 86.6 Å². The number of hydrogen-bond acceptors (Lipinski definition) is 2. The van der Waals surface area contributed by atoms with Gasteiger partial charge in [0, 0.05) is 12.8 Å². The highest BCUT2D eigenvalue weighted by molar-refractivity contribution is 4.93. The summed E-state index contributed by atoms with van der Waals surface area (Å²) in [4.78, 5) is 0. The third-order valence-electron chi connectivity index (χ3n) is 3.79. The van der Waals surface area contributed by atoms with Crippen molar-refractivity contribution in [3.8, 4) is 0 Å². The summed E-state index contributed by atoms with van der Waals surface area (Å²) in [6.07, 6.45) is 9.90. The van der Waals surface area contributed by atoms with Gasteiger partial charge in [-0.2, -0.15) is 0 Å². The molecule has 2 aliphatic heterocycles. The zero-order chi connectivity index (χ0) is 10.1. The van der Waals surface area contributed by atoms with E-state index < -0.39 is 5.79 Å². The van der Waals surface area contributed by atoms with Gasteiger partial charge in [0.25, 0.3) is 0 Å². The number of fused-ring (bicyclic) bond motifs is 2. The standard InChI is InChI=1S/C12H22O2/c1-2-3-6-11-7-4-9-12(13,14-11)10-5-8-11/h13H,2-10H2,1H3. The Morgan fingerprint density at radius 2 is 1.79 bits per heavy atom. The van der Waals surface area contributed by atoms with E-state index in [1.807, 2.05) is 0 Å². The summed E-state index contributed by atoms with van der Waals surface area (Å²) in [5.74, 6) is -0.760. The Morgan fingerprint density at radius 3 is 2.36 bits per heavy atom. The summed E-state index contributed by atoms with van der Waals surface area (Å²) < 4.78 is 5.96. The zero-order valence-corrected chi connectivity index (χ0v) is 9.22. The summed E-state index contributed by atoms with van der Waals surface area (Å²) in [6.45, 7) is 2.22. The molecule has 0 saturated carbocycles. The average Bonchev–Trinajstić information content (AvgIpc) is 2.14. The molecule has 2 heterocycles. The van der Waals surface area contributed by atoms with Gasteiger partial charge in [-0.25, -0.2) is 0 Å². The lowest BCUT2D eigenvalue weighted by Crippen LogP contribution is -2.52. The van der Waals surface area contributed by atoms with Crippen LogP contribution in [0.15, 0.2) is 0 Å². The van der Waals surface area contributed by atoms with Crippen LogP contribution >= 0.6 is 0 Å². The number of ether oxygens (including phenoxy) is 1. The maximum atomic E-state index is 10.1. The van der Waals surface area contributed by atoms with E-state index >= 15 is 0 Å². The van der Waals surface area contributed by atoms with Crippen LogP contribution in [0.1, 0.15) is 64.7 Å². The topological polar surface area (TPSA) is 29.5 Å². The lowest BCUT2D eigenvalue weighted by atomic mass is 9.77. The van der Waals surface area contributed by atoms with Crippen molar-refractivity contribution >= 4 is 0 Å². The molecule has 0 radical (unpaired) electrons. The maximum Gasteiger partial charge on any atom is 0.166 e. The molecule has 2 saturated heterocycles. The van der Waals surface area contributed by atoms with Gasteiger partial charge >= 0.3 is 0 Å². The lowest BCUT2D eigenvalue weighted by molar-refractivity contribution is -0.316. The maximum absolute atomic E-state index is 10.1. The van der Waals surface area contributed by atoms with Gasteiger partial charge in [0.15, 0.2) is 5.79 Å². The smallest absolute Gasteiger partial charge is 0.166 e. The highest BCUT2D eigenvalue weighted by Crippen LogP contribution is 2.46. The van der Waals surface area contributed by atoms with Crippen LogP contribution < -0.4 is 0 Å². The molecule has 2 heteroatoms. The number of hydrogen-bond donors (Lipinski definition) is 1. The Balaban J connectivity index is 2.02. The Bertz CT molecular complexity index is 190. The fourth-order valence-electron chi connectivity index (χ4n) is 3.03. The van der Waals surface area contributed by atoms with Crippen LogP contribution in [0.25, 0.3) is 0 Å². The lowest BCUT2D eigenvalue weighted by Gasteiger charge is -2.50. The van der Waals surface area contributed by atoms with E-state index in [-0.39, 0.29) is 5.60 Å². The van der Waals surface area contributed by atoms with Crippen molar-refractivity contribution in [2.45, 2.75) is 76.1 Å². The van der Waals surface area contributed by atoms with Crippen molar-refractivity contribution in [3.05, 3.63) is 0 Å². The third-order valence-corrected chi connectivity index (χ3v) is 3.79. The second kappa shape index (κ2) is 3.82. The van der Waals surface area contributed by atoms with E-state index in [2.05, 4.69) is 6.92 Å². The van der Waals surface area contributed by atoms with E-state index in [1.165, 1.54) is 12.8 Å². The molecule has 2 fully saturated rings. The van der Waals surface area contributed by atoms with Gasteiger partial charge in [0.1, 0.15) is 0 Å². The van der Waals surface area contributed by atoms with E-state index in [9.17, 15) is 5.11 Å². The zero-order valence-electron chi connectivity index (χ0n) is 9.22. The fourth-order valence-corrected chi connectivity index (χ4v) is 3.03. The van der Waals surface area contributed by atoms with Crippen LogP contribution in [0.2, 0.25) is 0 Å². The van der Waals surface area contributed by atoms with Crippen LogP contribution in [0, 0.1) is 0 Å². The number of rotatable bonds is 3. The molecule has 2 bridgehead atoms. The summed E-state index contributed by atoms with van der Waals surface area (Å²) in [6, 6.07) is 0. The first kappa shape index (κ1) is 10.4. The first-order valence-electron chi connectivity index (χ1n) is 6.11. The molecule has 0 unspecified atom stereocenters. The van der Waals surface area contributed by atoms with Crippen molar-refractivity contribution in [1.82, 2.24) is 0 Å². The molecule has 2 nitrogen and oxygen atoms in total. The fraction of sp³-hybridized carbons (Fsp3) is 1.00. The normalized spacial score (nSPS) is 42.4. The molecule has 1 N–H and O–H groups in total. The van der Waals surface area contributed by atoms with Crippen molar-refractivity contribution < 1.29 is 9.84 Å². The van der Waals surface area contributed by atoms with Crippen LogP contribution in [0.4, 0.5) is 0 Å². The molecule has 0 spiro atoms. The highest BCUT2D eigenvalue weighted by atomic mass is 16.6. The molecule has 0 aromatic carbocycles. The summed E-state index contributed by atoms with van der Waals surface area (Å²) in [5, 5.41) is 10.1. The van der Waals surface area contributed by atoms with Gasteiger partial charge < -0.3 is 9.84 Å². The Hall–Kier alpha value is -0.0800. The van der Waals surface area contributed by atoms with Gasteiger partial charge in [-0.3, -0.25) is 0 Å². The van der Waals surface area contributed by atoms with Crippen molar-refractivity contribution in [1.29, 1.82) is 0 Å². The number of aliphatic hydroxyl groups is 1. The molecule has 14 heavy (non-hydrogen) atoms. The summed E-state index contributed by atoms with van der Waals surface area (Å²) >= 11 is 0. The third kappa shape index (κ3) is 1.96. The van der Waals surface area contributed by atoms with Crippen LogP contribution in [0.5, 0.6) is 0 Å². The predicted molar refractivity (Wildman–Crippen MR) is 56.0 cm³/mol. The first-order valence-corrected chi connectivity index (χ1v) is 6.11. The molecule has 2 aliphatic rings. The molecular weight excluding hydrogens is 176 g/mol. The first-order chi connectivity index (χ1) is 6.68. The molecule has 0 aromatic rings. The monoisotopic (exact) mass is 198 g/mol. The van der Waals surface area contributed by atoms with Crippen molar-refractivity contribution in [3.63, 3.8) is 0 Å². The molecule has 0 atom stereocenters. The highest BCUT2D eigenvalue weighted by Gasteiger charge is 2.47. The minimum Gasteiger partial charge on any atom is -0.365 e. The largest absolute Gasteiger partial charge is 0.365 e. The summed E-state index contributed by atoms with van der Waals surface area (Å²) in [7, 11) is 0. The Kier molecular flexibility index (Phi) is 2.85. The molecule has 0 amide bonds. The van der Waals surface area contributed by atoms with E-state index in [1.54, 1.807) is 0 Å². The molecule has 0 aliphatic carbocycles. The van der Waals surface area contributed by atoms with Gasteiger partial charge in [0.05, 0.1) is 5.60 Å². The summed E-state index contributed by atoms with van der Waals surface area (Å²) in [5.41, 5.74) is 0.0429. The number of unbranched alkanes of at least 4 members (excludes halogenated alkanes) is 1. The molecule has 2 rings (SSSR count). The van der Waals surface area contributed by atoms with Gasteiger partial charge in [-0.15, -0.1) is 0 Å². The minimum absolute atomic E-state index is 0.0429.